The van der Waals surface area contributed by atoms with Crippen molar-refractivity contribution >= 4 is 24.2 Å². The molecule has 2 heterocycles. The van der Waals surface area contributed by atoms with E-state index in [1.807, 2.05) is 9.80 Å². The van der Waals surface area contributed by atoms with E-state index < -0.39 is 0 Å². The number of hydrogen-bond donors (Lipinski definition) is 1. The van der Waals surface area contributed by atoms with Gasteiger partial charge in [0.2, 0.25) is 11.8 Å². The summed E-state index contributed by atoms with van der Waals surface area (Å²) in [5, 5.41) is 2.90. The largest absolute Gasteiger partial charge is 0.342 e. The summed E-state index contributed by atoms with van der Waals surface area (Å²) in [5.74, 6) is 0.401. The van der Waals surface area contributed by atoms with Gasteiger partial charge < -0.3 is 15.1 Å². The average molecular weight is 319 g/mol. The molecule has 2 saturated heterocycles. The highest BCUT2D eigenvalue weighted by Gasteiger charge is 2.23. The van der Waals surface area contributed by atoms with Crippen LogP contribution in [0.5, 0.6) is 0 Å². The fraction of sp³-hybridized carbons (Fsp3) is 0.857. The van der Waals surface area contributed by atoms with Gasteiger partial charge in [0.25, 0.3) is 0 Å². The second kappa shape index (κ2) is 9.23. The predicted molar refractivity (Wildman–Crippen MR) is 84.6 cm³/mol. The van der Waals surface area contributed by atoms with Crippen molar-refractivity contribution in [2.45, 2.75) is 19.3 Å². The van der Waals surface area contributed by atoms with Crippen LogP contribution in [0.3, 0.4) is 0 Å². The fourth-order valence-electron chi connectivity index (χ4n) is 2.90. The van der Waals surface area contributed by atoms with E-state index in [0.29, 0.717) is 13.1 Å². The van der Waals surface area contributed by atoms with Gasteiger partial charge >= 0.3 is 0 Å². The van der Waals surface area contributed by atoms with Gasteiger partial charge in [-0.1, -0.05) is 0 Å². The molecule has 0 aliphatic carbocycles. The lowest BCUT2D eigenvalue weighted by Gasteiger charge is -2.23. The number of hydrogen-bond acceptors (Lipinski definition) is 4. The Morgan fingerprint density at radius 3 is 2.14 bits per heavy atom. The summed E-state index contributed by atoms with van der Waals surface area (Å²) in [4.78, 5) is 30.1. The molecule has 0 radical (unpaired) electrons. The lowest BCUT2D eigenvalue weighted by atomic mass is 10.3. The quantitative estimate of drug-likeness (QED) is 0.779. The number of carbonyl (C=O) groups is 2. The molecule has 2 amide bonds. The molecule has 0 saturated carbocycles. The van der Waals surface area contributed by atoms with E-state index in [1.165, 1.54) is 0 Å². The normalized spacial score (nSPS) is 20.0. The van der Waals surface area contributed by atoms with E-state index in [1.54, 1.807) is 7.05 Å². The molecule has 0 unspecified atom stereocenters. The highest BCUT2D eigenvalue weighted by Crippen LogP contribution is 2.09. The number of amides is 2. The monoisotopic (exact) mass is 318 g/mol. The standard InChI is InChI=1S/C14H26N4O2.ClH/c1-15-11-13(19)18-8-4-5-16(9-10-18)12-14(20)17-6-2-3-7-17;/h15H,2-12H2,1H3;1H. The van der Waals surface area contributed by atoms with Crippen LogP contribution >= 0.6 is 12.4 Å². The molecule has 7 heteroatoms. The highest BCUT2D eigenvalue weighted by atomic mass is 35.5. The summed E-state index contributed by atoms with van der Waals surface area (Å²) in [5.41, 5.74) is 0. The molecular formula is C14H27ClN4O2. The second-order valence-electron chi connectivity index (χ2n) is 5.63. The van der Waals surface area contributed by atoms with Crippen molar-refractivity contribution in [1.29, 1.82) is 0 Å². The first-order valence-corrected chi connectivity index (χ1v) is 7.63. The minimum Gasteiger partial charge on any atom is -0.342 e. The van der Waals surface area contributed by atoms with Crippen LogP contribution in [-0.4, -0.2) is 85.9 Å². The van der Waals surface area contributed by atoms with Gasteiger partial charge in [-0.25, -0.2) is 0 Å². The van der Waals surface area contributed by atoms with Crippen molar-refractivity contribution in [3.8, 4) is 0 Å². The molecule has 2 fully saturated rings. The lowest BCUT2D eigenvalue weighted by molar-refractivity contribution is -0.131. The van der Waals surface area contributed by atoms with Gasteiger partial charge in [0, 0.05) is 39.3 Å². The maximum atomic E-state index is 12.1. The van der Waals surface area contributed by atoms with Gasteiger partial charge in [0.05, 0.1) is 13.1 Å². The Labute approximate surface area is 133 Å². The summed E-state index contributed by atoms with van der Waals surface area (Å²) in [6.07, 6.45) is 3.22. The van der Waals surface area contributed by atoms with Gasteiger partial charge in [0.15, 0.2) is 0 Å². The van der Waals surface area contributed by atoms with Crippen molar-refractivity contribution in [2.75, 3.05) is 59.4 Å². The van der Waals surface area contributed by atoms with Gasteiger partial charge in [-0.2, -0.15) is 0 Å². The number of likely N-dealkylation sites (tertiary alicyclic amines) is 1. The lowest BCUT2D eigenvalue weighted by Crippen LogP contribution is -2.42. The molecule has 0 atom stereocenters. The molecule has 0 aromatic carbocycles. The van der Waals surface area contributed by atoms with Crippen LogP contribution in [0.1, 0.15) is 19.3 Å². The molecule has 0 aromatic rings. The molecule has 1 N–H and O–H groups in total. The van der Waals surface area contributed by atoms with Crippen LogP contribution in [0.4, 0.5) is 0 Å². The fourth-order valence-corrected chi connectivity index (χ4v) is 2.90. The van der Waals surface area contributed by atoms with E-state index in [4.69, 9.17) is 0 Å². The Morgan fingerprint density at radius 1 is 0.857 bits per heavy atom. The minimum absolute atomic E-state index is 0. The molecule has 6 nitrogen and oxygen atoms in total. The van der Waals surface area contributed by atoms with E-state index in [2.05, 4.69) is 10.2 Å². The van der Waals surface area contributed by atoms with Crippen LogP contribution in [-0.2, 0) is 9.59 Å². The van der Waals surface area contributed by atoms with Gasteiger partial charge in [0.1, 0.15) is 0 Å². The highest BCUT2D eigenvalue weighted by molar-refractivity contribution is 5.85. The first kappa shape index (κ1) is 18.2. The number of halogens is 1. The van der Waals surface area contributed by atoms with E-state index in [0.717, 1.165) is 58.5 Å². The minimum atomic E-state index is 0. The van der Waals surface area contributed by atoms with Crippen LogP contribution in [0, 0.1) is 0 Å². The van der Waals surface area contributed by atoms with Gasteiger partial charge in [-0.15, -0.1) is 12.4 Å². The Kier molecular flexibility index (Phi) is 8.00. The van der Waals surface area contributed by atoms with E-state index in [-0.39, 0.29) is 24.2 Å². The SMILES string of the molecule is CNCC(=O)N1CCCN(CC(=O)N2CCCC2)CC1.Cl. The smallest absolute Gasteiger partial charge is 0.236 e. The van der Waals surface area contributed by atoms with Crippen LogP contribution in [0.2, 0.25) is 0 Å². The molecule has 0 aromatic heterocycles. The molecule has 21 heavy (non-hydrogen) atoms. The third-order valence-corrected chi connectivity index (χ3v) is 4.09. The summed E-state index contributed by atoms with van der Waals surface area (Å²) >= 11 is 0. The average Bonchev–Trinajstić information content (AvgIpc) is 2.87. The Balaban J connectivity index is 0.00000220. The Hall–Kier alpha value is -0.850. The summed E-state index contributed by atoms with van der Waals surface area (Å²) in [6.45, 7) is 5.97. The molecule has 2 rings (SSSR count). The molecular weight excluding hydrogens is 292 g/mol. The van der Waals surface area contributed by atoms with Crippen LogP contribution < -0.4 is 5.32 Å². The molecule has 2 aliphatic heterocycles. The number of nitrogens with zero attached hydrogens (tertiary/aromatic N) is 3. The third kappa shape index (κ3) is 5.45. The van der Waals surface area contributed by atoms with Crippen LogP contribution in [0.25, 0.3) is 0 Å². The molecule has 122 valence electrons. The maximum Gasteiger partial charge on any atom is 0.236 e. The number of carbonyl (C=O) groups excluding carboxylic acids is 2. The predicted octanol–water partition coefficient (Wildman–Crippen LogP) is -0.216. The van der Waals surface area contributed by atoms with Gasteiger partial charge in [-0.3, -0.25) is 14.5 Å². The van der Waals surface area contributed by atoms with Crippen molar-refractivity contribution in [1.82, 2.24) is 20.0 Å². The zero-order chi connectivity index (χ0) is 14.4. The van der Waals surface area contributed by atoms with E-state index in [9.17, 15) is 9.59 Å². The summed E-state index contributed by atoms with van der Waals surface area (Å²) < 4.78 is 0. The first-order chi connectivity index (χ1) is 9.70. The molecule has 0 spiro atoms. The Morgan fingerprint density at radius 2 is 1.48 bits per heavy atom. The first-order valence-electron chi connectivity index (χ1n) is 7.63. The number of likely N-dealkylation sites (N-methyl/N-ethyl adjacent to an activating group) is 1. The molecule has 2 aliphatic rings. The van der Waals surface area contributed by atoms with Crippen molar-refractivity contribution < 1.29 is 9.59 Å². The summed E-state index contributed by atoms with van der Waals surface area (Å²) in [6, 6.07) is 0. The van der Waals surface area contributed by atoms with Crippen molar-refractivity contribution in [3.05, 3.63) is 0 Å². The number of rotatable bonds is 4. The topological polar surface area (TPSA) is 55.9 Å². The maximum absolute atomic E-state index is 12.1. The number of nitrogens with one attached hydrogen (secondary N) is 1. The molecule has 0 bridgehead atoms. The third-order valence-electron chi connectivity index (χ3n) is 4.09. The van der Waals surface area contributed by atoms with Crippen molar-refractivity contribution in [3.63, 3.8) is 0 Å². The second-order valence-corrected chi connectivity index (χ2v) is 5.63. The van der Waals surface area contributed by atoms with E-state index >= 15 is 0 Å². The van der Waals surface area contributed by atoms with Crippen LogP contribution in [0.15, 0.2) is 0 Å². The zero-order valence-corrected chi connectivity index (χ0v) is 13.7. The van der Waals surface area contributed by atoms with Crippen molar-refractivity contribution in [2.24, 2.45) is 0 Å². The van der Waals surface area contributed by atoms with Gasteiger partial charge in [-0.05, 0) is 26.3 Å². The zero-order valence-electron chi connectivity index (χ0n) is 12.8. The Bertz CT molecular complexity index is 348. The summed E-state index contributed by atoms with van der Waals surface area (Å²) in [7, 11) is 1.79.